The summed E-state index contributed by atoms with van der Waals surface area (Å²) in [4.78, 5) is 24.6. The predicted molar refractivity (Wildman–Crippen MR) is 102 cm³/mol. The van der Waals surface area contributed by atoms with Crippen molar-refractivity contribution in [1.29, 1.82) is 0 Å². The summed E-state index contributed by atoms with van der Waals surface area (Å²) in [5.41, 5.74) is 8.32. The Hall–Kier alpha value is -2.93. The number of carbonyl (C=O) groups is 2. The van der Waals surface area contributed by atoms with Gasteiger partial charge in [-0.25, -0.2) is 4.68 Å². The number of amides is 2. The Balaban J connectivity index is 1.73. The largest absolute Gasteiger partial charge is 0.273 e. The molecule has 1 heterocycles. The Morgan fingerprint density at radius 2 is 1.65 bits per heavy atom. The molecule has 0 unspecified atom stereocenters. The zero-order valence-corrected chi connectivity index (χ0v) is 15.9. The molecule has 1 aromatic heterocycles. The highest BCUT2D eigenvalue weighted by atomic mass is 79.9. The van der Waals surface area contributed by atoms with E-state index in [2.05, 4.69) is 31.9 Å². The van der Waals surface area contributed by atoms with Gasteiger partial charge in [-0.05, 0) is 59.6 Å². The van der Waals surface area contributed by atoms with Gasteiger partial charge in [0.25, 0.3) is 11.8 Å². The molecule has 0 radical (unpaired) electrons. The lowest BCUT2D eigenvalue weighted by atomic mass is 10.2. The third-order valence-corrected chi connectivity index (χ3v) is 4.60. The number of hydrogen-bond donors (Lipinski definition) is 2. The number of hydrogen-bond acceptors (Lipinski definition) is 3. The van der Waals surface area contributed by atoms with Crippen LogP contribution in [0.1, 0.15) is 32.0 Å². The van der Waals surface area contributed by atoms with E-state index in [1.54, 1.807) is 29.8 Å². The molecule has 0 aliphatic rings. The molecule has 0 spiro atoms. The van der Waals surface area contributed by atoms with E-state index < -0.39 is 11.8 Å². The van der Waals surface area contributed by atoms with Gasteiger partial charge in [-0.3, -0.25) is 20.4 Å². The highest BCUT2D eigenvalue weighted by Crippen LogP contribution is 2.16. The van der Waals surface area contributed by atoms with Crippen LogP contribution in [0.4, 0.5) is 0 Å². The summed E-state index contributed by atoms with van der Waals surface area (Å²) < 4.78 is 2.34. The minimum atomic E-state index is -0.429. The van der Waals surface area contributed by atoms with Crippen molar-refractivity contribution < 1.29 is 9.59 Å². The zero-order valence-electron chi connectivity index (χ0n) is 14.3. The summed E-state index contributed by atoms with van der Waals surface area (Å²) in [7, 11) is 0. The van der Waals surface area contributed by atoms with Crippen LogP contribution in [0, 0.1) is 13.8 Å². The van der Waals surface area contributed by atoms with E-state index in [4.69, 9.17) is 0 Å². The standard InChI is InChI=1S/C19H17BrN4O2/c1-12-6-5-7-14(10-12)24-13(2)16(11-21-24)19(26)23-22-18(25)15-8-3-4-9-17(15)20/h3-11H,1-2H3,(H,22,25)(H,23,26). The summed E-state index contributed by atoms with van der Waals surface area (Å²) >= 11 is 3.31. The van der Waals surface area contributed by atoms with E-state index in [0.717, 1.165) is 11.3 Å². The summed E-state index contributed by atoms with van der Waals surface area (Å²) in [6.07, 6.45) is 1.48. The van der Waals surface area contributed by atoms with Crippen LogP contribution in [-0.2, 0) is 0 Å². The number of carbonyl (C=O) groups excluding carboxylic acids is 2. The second kappa shape index (κ2) is 7.53. The first kappa shape index (κ1) is 17.9. The quantitative estimate of drug-likeness (QED) is 0.647. The van der Waals surface area contributed by atoms with Crippen LogP contribution in [0.5, 0.6) is 0 Å². The molecule has 26 heavy (non-hydrogen) atoms. The smallest absolute Gasteiger partial charge is 0.267 e. The molecule has 132 valence electrons. The van der Waals surface area contributed by atoms with Gasteiger partial charge in [0.2, 0.25) is 0 Å². The summed E-state index contributed by atoms with van der Waals surface area (Å²) in [6, 6.07) is 14.8. The number of nitrogens with zero attached hydrogens (tertiary/aromatic N) is 2. The second-order valence-electron chi connectivity index (χ2n) is 5.78. The third-order valence-electron chi connectivity index (χ3n) is 3.91. The molecule has 2 N–H and O–H groups in total. The Morgan fingerprint density at radius 3 is 2.35 bits per heavy atom. The van der Waals surface area contributed by atoms with Crippen LogP contribution in [0.3, 0.4) is 0 Å². The fraction of sp³-hybridized carbons (Fsp3) is 0.105. The topological polar surface area (TPSA) is 76.0 Å². The fourth-order valence-electron chi connectivity index (χ4n) is 2.55. The lowest BCUT2D eigenvalue weighted by Crippen LogP contribution is -2.41. The van der Waals surface area contributed by atoms with Crippen LogP contribution in [-0.4, -0.2) is 21.6 Å². The summed E-state index contributed by atoms with van der Waals surface area (Å²) in [5, 5.41) is 4.28. The number of benzene rings is 2. The third kappa shape index (κ3) is 3.67. The maximum absolute atomic E-state index is 12.4. The van der Waals surface area contributed by atoms with Crippen LogP contribution >= 0.6 is 15.9 Å². The first-order valence-corrected chi connectivity index (χ1v) is 8.73. The molecular weight excluding hydrogens is 396 g/mol. The normalized spacial score (nSPS) is 10.4. The molecule has 0 aliphatic carbocycles. The minimum Gasteiger partial charge on any atom is -0.267 e. The summed E-state index contributed by atoms with van der Waals surface area (Å²) in [6.45, 7) is 3.80. The highest BCUT2D eigenvalue weighted by Gasteiger charge is 2.16. The van der Waals surface area contributed by atoms with Crippen LogP contribution < -0.4 is 10.9 Å². The van der Waals surface area contributed by atoms with Crippen molar-refractivity contribution in [3.05, 3.63) is 81.6 Å². The maximum atomic E-state index is 12.4. The van der Waals surface area contributed by atoms with Crippen molar-refractivity contribution in [2.75, 3.05) is 0 Å². The average molecular weight is 413 g/mol. The molecule has 7 heteroatoms. The molecule has 0 saturated heterocycles. The van der Waals surface area contributed by atoms with Gasteiger partial charge in [0.1, 0.15) is 0 Å². The van der Waals surface area contributed by atoms with Gasteiger partial charge >= 0.3 is 0 Å². The molecule has 3 rings (SSSR count). The number of aromatic nitrogens is 2. The van der Waals surface area contributed by atoms with Crippen LogP contribution in [0.2, 0.25) is 0 Å². The average Bonchev–Trinajstić information content (AvgIpc) is 3.01. The zero-order chi connectivity index (χ0) is 18.7. The summed E-state index contributed by atoms with van der Waals surface area (Å²) in [5.74, 6) is -0.837. The van der Waals surface area contributed by atoms with Crippen molar-refractivity contribution in [2.24, 2.45) is 0 Å². The first-order chi connectivity index (χ1) is 12.5. The van der Waals surface area contributed by atoms with Crippen molar-refractivity contribution >= 4 is 27.7 Å². The SMILES string of the molecule is Cc1cccc(-n2ncc(C(=O)NNC(=O)c3ccccc3Br)c2C)c1. The van der Waals surface area contributed by atoms with E-state index in [9.17, 15) is 9.59 Å². The lowest BCUT2D eigenvalue weighted by molar-refractivity contribution is 0.0846. The number of aryl methyl sites for hydroxylation is 1. The van der Waals surface area contributed by atoms with Gasteiger partial charge < -0.3 is 0 Å². The maximum Gasteiger partial charge on any atom is 0.273 e. The molecule has 0 fully saturated rings. The molecule has 2 amide bonds. The first-order valence-electron chi connectivity index (χ1n) is 7.94. The predicted octanol–water partition coefficient (Wildman–Crippen LogP) is 3.33. The van der Waals surface area contributed by atoms with E-state index in [1.807, 2.05) is 37.3 Å². The van der Waals surface area contributed by atoms with E-state index in [-0.39, 0.29) is 0 Å². The van der Waals surface area contributed by atoms with Crippen LogP contribution in [0.15, 0.2) is 59.2 Å². The monoisotopic (exact) mass is 412 g/mol. The molecule has 0 bridgehead atoms. The van der Waals surface area contributed by atoms with Crippen molar-refractivity contribution in [2.45, 2.75) is 13.8 Å². The molecule has 3 aromatic rings. The Kier molecular flexibility index (Phi) is 5.18. The van der Waals surface area contributed by atoms with E-state index in [1.165, 1.54) is 6.20 Å². The van der Waals surface area contributed by atoms with Gasteiger partial charge in [0.15, 0.2) is 0 Å². The molecule has 6 nitrogen and oxygen atoms in total. The number of nitrogens with one attached hydrogen (secondary N) is 2. The number of hydrazine groups is 1. The minimum absolute atomic E-state index is 0.388. The Labute approximate surface area is 159 Å². The Morgan fingerprint density at radius 1 is 0.962 bits per heavy atom. The second-order valence-corrected chi connectivity index (χ2v) is 6.64. The van der Waals surface area contributed by atoms with Crippen molar-refractivity contribution in [3.63, 3.8) is 0 Å². The lowest BCUT2D eigenvalue weighted by Gasteiger charge is -2.09. The van der Waals surface area contributed by atoms with Gasteiger partial charge in [-0.2, -0.15) is 5.10 Å². The highest BCUT2D eigenvalue weighted by molar-refractivity contribution is 9.10. The van der Waals surface area contributed by atoms with E-state index in [0.29, 0.717) is 21.3 Å². The molecule has 0 aliphatic heterocycles. The van der Waals surface area contributed by atoms with Crippen LogP contribution in [0.25, 0.3) is 5.69 Å². The number of rotatable bonds is 3. The van der Waals surface area contributed by atoms with Gasteiger partial charge in [-0.1, -0.05) is 24.3 Å². The fourth-order valence-corrected chi connectivity index (χ4v) is 3.01. The van der Waals surface area contributed by atoms with Gasteiger partial charge in [0, 0.05) is 4.47 Å². The van der Waals surface area contributed by atoms with Gasteiger partial charge in [-0.15, -0.1) is 0 Å². The molecule has 0 saturated carbocycles. The van der Waals surface area contributed by atoms with Crippen molar-refractivity contribution in [1.82, 2.24) is 20.6 Å². The molecule has 2 aromatic carbocycles. The molecule has 0 atom stereocenters. The van der Waals surface area contributed by atoms with Gasteiger partial charge in [0.05, 0.1) is 28.7 Å². The van der Waals surface area contributed by atoms with Crippen molar-refractivity contribution in [3.8, 4) is 5.69 Å². The number of halogens is 1. The molecular formula is C19H17BrN4O2. The Bertz CT molecular complexity index is 981. The van der Waals surface area contributed by atoms with E-state index >= 15 is 0 Å².